The molecule has 1 N–H and O–H groups in total. The van der Waals surface area contributed by atoms with E-state index < -0.39 is 0 Å². The van der Waals surface area contributed by atoms with E-state index in [9.17, 15) is 5.11 Å². The zero-order valence-corrected chi connectivity index (χ0v) is 10.7. The number of hydrogen-bond donors (Lipinski definition) is 1. The van der Waals surface area contributed by atoms with E-state index in [0.717, 1.165) is 22.6 Å². The molecule has 0 aliphatic carbocycles. The third-order valence-corrected chi connectivity index (χ3v) is 3.12. The quantitative estimate of drug-likeness (QED) is 0.764. The summed E-state index contributed by atoms with van der Waals surface area (Å²) in [5.74, 6) is 0.557. The summed E-state index contributed by atoms with van der Waals surface area (Å²) in [4.78, 5) is 8.66. The van der Waals surface area contributed by atoms with E-state index in [1.54, 1.807) is 24.7 Å². The molecule has 1 aromatic carbocycles. The highest BCUT2D eigenvalue weighted by Gasteiger charge is 2.12. The molecule has 0 atom stereocenters. The Hall–Kier alpha value is -2.56. The van der Waals surface area contributed by atoms with E-state index in [-0.39, 0.29) is 5.75 Å². The van der Waals surface area contributed by atoms with Crippen molar-refractivity contribution in [2.45, 2.75) is 6.92 Å². The largest absolute Gasteiger partial charge is 0.504 e. The van der Waals surface area contributed by atoms with E-state index in [1.807, 2.05) is 23.5 Å². The van der Waals surface area contributed by atoms with Gasteiger partial charge in [-0.1, -0.05) is 0 Å². The Kier molecular flexibility index (Phi) is 2.59. The second kappa shape index (κ2) is 4.28. The van der Waals surface area contributed by atoms with Crippen molar-refractivity contribution in [2.24, 2.45) is 0 Å². The number of ether oxygens (including phenoxy) is 1. The molecule has 0 aliphatic heterocycles. The van der Waals surface area contributed by atoms with Crippen LogP contribution in [0, 0.1) is 6.92 Å². The van der Waals surface area contributed by atoms with E-state index in [0.29, 0.717) is 5.75 Å². The van der Waals surface area contributed by atoms with Gasteiger partial charge in [0, 0.05) is 17.5 Å². The van der Waals surface area contributed by atoms with Crippen molar-refractivity contribution < 1.29 is 9.84 Å². The van der Waals surface area contributed by atoms with Gasteiger partial charge in [-0.05, 0) is 31.2 Å². The zero-order chi connectivity index (χ0) is 13.4. The fourth-order valence-corrected chi connectivity index (χ4v) is 2.11. The van der Waals surface area contributed by atoms with Gasteiger partial charge in [-0.25, -0.2) is 9.97 Å². The summed E-state index contributed by atoms with van der Waals surface area (Å²) in [5, 5.41) is 9.63. The van der Waals surface area contributed by atoms with E-state index in [1.165, 1.54) is 7.11 Å². The van der Waals surface area contributed by atoms with Crippen LogP contribution in [-0.4, -0.2) is 26.6 Å². The van der Waals surface area contributed by atoms with Crippen LogP contribution in [0.5, 0.6) is 11.5 Å². The highest BCUT2D eigenvalue weighted by Crippen LogP contribution is 2.32. The molecule has 19 heavy (non-hydrogen) atoms. The summed E-state index contributed by atoms with van der Waals surface area (Å²) in [7, 11) is 1.53. The van der Waals surface area contributed by atoms with E-state index in [4.69, 9.17) is 4.74 Å². The number of phenolic OH excluding ortho intramolecular Hbond substituents is 1. The van der Waals surface area contributed by atoms with Crippen molar-refractivity contribution in [1.82, 2.24) is 14.4 Å². The smallest absolute Gasteiger partial charge is 0.161 e. The molecule has 2 heterocycles. The number of rotatable bonds is 2. The molecule has 0 saturated carbocycles. The van der Waals surface area contributed by atoms with Gasteiger partial charge in [-0.3, -0.25) is 4.40 Å². The first-order valence-electron chi connectivity index (χ1n) is 5.87. The van der Waals surface area contributed by atoms with Crippen LogP contribution >= 0.6 is 0 Å². The Labute approximate surface area is 110 Å². The van der Waals surface area contributed by atoms with Crippen LogP contribution in [0.3, 0.4) is 0 Å². The lowest BCUT2D eigenvalue weighted by molar-refractivity contribution is 0.373. The monoisotopic (exact) mass is 255 g/mol. The predicted molar refractivity (Wildman–Crippen MR) is 71.4 cm³/mol. The van der Waals surface area contributed by atoms with Crippen LogP contribution in [0.15, 0.2) is 36.8 Å². The molecule has 3 rings (SSSR count). The van der Waals surface area contributed by atoms with Gasteiger partial charge in [-0.15, -0.1) is 0 Å². The number of phenols is 1. The van der Waals surface area contributed by atoms with E-state index >= 15 is 0 Å². The normalized spacial score (nSPS) is 10.8. The van der Waals surface area contributed by atoms with Crippen molar-refractivity contribution in [1.29, 1.82) is 0 Å². The Morgan fingerprint density at radius 2 is 2.11 bits per heavy atom. The molecule has 5 heteroatoms. The van der Waals surface area contributed by atoms with Crippen LogP contribution in [0.1, 0.15) is 5.69 Å². The van der Waals surface area contributed by atoms with Crippen molar-refractivity contribution in [2.75, 3.05) is 7.11 Å². The number of aromatic hydroxyl groups is 1. The minimum absolute atomic E-state index is 0.120. The molecule has 0 fully saturated rings. The van der Waals surface area contributed by atoms with Crippen LogP contribution in [-0.2, 0) is 0 Å². The van der Waals surface area contributed by atoms with Crippen LogP contribution in [0.2, 0.25) is 0 Å². The molecular weight excluding hydrogens is 242 g/mol. The second-order valence-electron chi connectivity index (χ2n) is 4.24. The Morgan fingerprint density at radius 3 is 2.84 bits per heavy atom. The van der Waals surface area contributed by atoms with Gasteiger partial charge in [0.25, 0.3) is 0 Å². The average Bonchev–Trinajstić information content (AvgIpc) is 2.77. The Balaban J connectivity index is 2.21. The molecule has 0 spiro atoms. The summed E-state index contributed by atoms with van der Waals surface area (Å²) in [6, 6.07) is 7.06. The highest BCUT2D eigenvalue weighted by atomic mass is 16.5. The minimum Gasteiger partial charge on any atom is -0.504 e. The topological polar surface area (TPSA) is 59.7 Å². The number of aromatic nitrogens is 3. The summed E-state index contributed by atoms with van der Waals surface area (Å²) >= 11 is 0. The SMILES string of the molecule is COc1cc(-c2nc3ccncn3c2C)ccc1O. The number of nitrogens with zero attached hydrogens (tertiary/aromatic N) is 3. The number of methoxy groups -OCH3 is 1. The molecular formula is C14H13N3O2. The standard InChI is InChI=1S/C14H13N3O2/c1-9-14(16-13-5-6-15-8-17(9)13)10-3-4-11(18)12(7-10)19-2/h3-8,18H,1-2H3. The van der Waals surface area contributed by atoms with Gasteiger partial charge in [0.05, 0.1) is 12.8 Å². The lowest BCUT2D eigenvalue weighted by Crippen LogP contribution is -1.89. The lowest BCUT2D eigenvalue weighted by Gasteiger charge is -2.05. The number of fused-ring (bicyclic) bond motifs is 1. The molecule has 0 unspecified atom stereocenters. The van der Waals surface area contributed by atoms with Crippen LogP contribution in [0.25, 0.3) is 16.9 Å². The minimum atomic E-state index is 0.120. The first kappa shape index (κ1) is 11.5. The molecule has 0 saturated heterocycles. The van der Waals surface area contributed by atoms with Gasteiger partial charge in [0.1, 0.15) is 12.0 Å². The number of imidazole rings is 1. The molecule has 0 bridgehead atoms. The summed E-state index contributed by atoms with van der Waals surface area (Å²) in [6.07, 6.45) is 3.45. The van der Waals surface area contributed by atoms with Crippen LogP contribution < -0.4 is 4.74 Å². The lowest BCUT2D eigenvalue weighted by atomic mass is 10.1. The maximum absolute atomic E-state index is 9.63. The van der Waals surface area contributed by atoms with Crippen molar-refractivity contribution >= 4 is 5.65 Å². The first-order valence-corrected chi connectivity index (χ1v) is 5.87. The highest BCUT2D eigenvalue weighted by molar-refractivity contribution is 5.68. The first-order chi connectivity index (χ1) is 9.20. The fraction of sp³-hybridized carbons (Fsp3) is 0.143. The maximum Gasteiger partial charge on any atom is 0.161 e. The molecule has 5 nitrogen and oxygen atoms in total. The van der Waals surface area contributed by atoms with E-state index in [2.05, 4.69) is 9.97 Å². The summed E-state index contributed by atoms with van der Waals surface area (Å²) in [5.41, 5.74) is 3.59. The molecule has 3 aromatic rings. The van der Waals surface area contributed by atoms with Gasteiger partial charge < -0.3 is 9.84 Å². The summed E-state index contributed by atoms with van der Waals surface area (Å²) < 4.78 is 7.05. The van der Waals surface area contributed by atoms with Gasteiger partial charge in [0.2, 0.25) is 0 Å². The molecule has 0 aliphatic rings. The summed E-state index contributed by atoms with van der Waals surface area (Å²) in [6.45, 7) is 1.98. The van der Waals surface area contributed by atoms with Crippen LogP contribution in [0.4, 0.5) is 0 Å². The third-order valence-electron chi connectivity index (χ3n) is 3.12. The Morgan fingerprint density at radius 1 is 1.26 bits per heavy atom. The van der Waals surface area contributed by atoms with Gasteiger partial charge in [-0.2, -0.15) is 0 Å². The molecule has 96 valence electrons. The predicted octanol–water partition coefficient (Wildman–Crippen LogP) is 2.42. The molecule has 0 radical (unpaired) electrons. The average molecular weight is 255 g/mol. The number of benzene rings is 1. The second-order valence-corrected chi connectivity index (χ2v) is 4.24. The zero-order valence-electron chi connectivity index (χ0n) is 10.7. The van der Waals surface area contributed by atoms with Crippen molar-refractivity contribution in [3.8, 4) is 22.8 Å². The third kappa shape index (κ3) is 1.79. The molecule has 2 aromatic heterocycles. The number of hydrogen-bond acceptors (Lipinski definition) is 4. The van der Waals surface area contributed by atoms with Gasteiger partial charge >= 0.3 is 0 Å². The fourth-order valence-electron chi connectivity index (χ4n) is 2.11. The number of aryl methyl sites for hydroxylation is 1. The van der Waals surface area contributed by atoms with Crippen molar-refractivity contribution in [3.63, 3.8) is 0 Å². The Bertz CT molecular complexity index is 750. The molecule has 0 amide bonds. The van der Waals surface area contributed by atoms with Crippen molar-refractivity contribution in [3.05, 3.63) is 42.5 Å². The van der Waals surface area contributed by atoms with Gasteiger partial charge in [0.15, 0.2) is 11.5 Å². The maximum atomic E-state index is 9.63.